The van der Waals surface area contributed by atoms with Gasteiger partial charge >= 0.3 is 6.18 Å². The molecule has 0 unspecified atom stereocenters. The zero-order valence-electron chi connectivity index (χ0n) is 15.6. The Labute approximate surface area is 183 Å². The number of alkyl halides is 3. The number of halogens is 5. The van der Waals surface area contributed by atoms with Crippen LogP contribution in [0.3, 0.4) is 0 Å². The molecule has 5 N–H and O–H groups in total. The number of anilines is 1. The predicted octanol–water partition coefficient (Wildman–Crippen LogP) is 3.31. The van der Waals surface area contributed by atoms with Gasteiger partial charge in [0.2, 0.25) is 5.95 Å². The molecular weight excluding hydrogens is 460 g/mol. The minimum atomic E-state index is -4.75. The molecule has 0 aliphatic carbocycles. The van der Waals surface area contributed by atoms with E-state index in [4.69, 9.17) is 28.5 Å². The standard InChI is InChI=1S/C18H15ClF4N6OS/c19-14(15(25)30)12(6-24)29-4-3-9-11(7-29)27-17(26)28-16(9)31-13-2-1-8(20)5-10(13)18(21,22)23/h1-2,5-6,24H,3-4,7H2,(H2,25,30)(H2,26,27,28)/b14-12-,24-6?. The molecule has 1 aromatic heterocycles. The first kappa shape index (κ1) is 22.8. The number of allylic oxidation sites excluding steroid dienone is 1. The number of nitrogens with two attached hydrogens (primary N) is 2. The van der Waals surface area contributed by atoms with Crippen LogP contribution < -0.4 is 11.5 Å². The SMILES string of the molecule is N=C/C(=C(/Cl)C(N)=O)N1CCc2c(nc(N)nc2Sc2ccc(F)cc2C(F)(F)F)C1. The van der Waals surface area contributed by atoms with Crippen LogP contribution in [0.4, 0.5) is 23.5 Å². The van der Waals surface area contributed by atoms with Crippen LogP contribution in [-0.2, 0) is 23.9 Å². The molecule has 13 heteroatoms. The first-order chi connectivity index (χ1) is 14.5. The normalized spacial score (nSPS) is 14.7. The summed E-state index contributed by atoms with van der Waals surface area (Å²) >= 11 is 6.61. The van der Waals surface area contributed by atoms with E-state index >= 15 is 0 Å². The predicted molar refractivity (Wildman–Crippen MR) is 107 cm³/mol. The maximum Gasteiger partial charge on any atom is 0.417 e. The van der Waals surface area contributed by atoms with Crippen molar-refractivity contribution in [1.29, 1.82) is 5.41 Å². The van der Waals surface area contributed by atoms with Gasteiger partial charge in [0.25, 0.3) is 5.91 Å². The summed E-state index contributed by atoms with van der Waals surface area (Å²) in [6, 6.07) is 2.39. The van der Waals surface area contributed by atoms with E-state index in [0.29, 0.717) is 29.1 Å². The fourth-order valence-corrected chi connectivity index (χ4v) is 4.33. The number of fused-ring (bicyclic) bond motifs is 1. The Morgan fingerprint density at radius 2 is 2.03 bits per heavy atom. The number of primary amides is 1. The summed E-state index contributed by atoms with van der Waals surface area (Å²) in [6.07, 6.45) is -3.60. The van der Waals surface area contributed by atoms with Crippen molar-refractivity contribution in [2.75, 3.05) is 12.3 Å². The van der Waals surface area contributed by atoms with Crippen molar-refractivity contribution in [3.05, 3.63) is 51.6 Å². The smallest absolute Gasteiger partial charge is 0.368 e. The zero-order chi connectivity index (χ0) is 22.9. The maximum absolute atomic E-state index is 13.4. The highest BCUT2D eigenvalue weighted by atomic mass is 35.5. The number of hydrogen-bond acceptors (Lipinski definition) is 7. The van der Waals surface area contributed by atoms with Crippen molar-refractivity contribution in [3.8, 4) is 0 Å². The van der Waals surface area contributed by atoms with Crippen LogP contribution in [0.2, 0.25) is 0 Å². The number of carbonyl (C=O) groups excluding carboxylic acids is 1. The molecule has 1 aliphatic heterocycles. The van der Waals surface area contributed by atoms with Gasteiger partial charge in [-0.25, -0.2) is 14.4 Å². The van der Waals surface area contributed by atoms with Crippen molar-refractivity contribution in [1.82, 2.24) is 14.9 Å². The second-order valence-corrected chi connectivity index (χ2v) is 7.84. The number of rotatable bonds is 5. The molecule has 3 rings (SSSR count). The van der Waals surface area contributed by atoms with Gasteiger partial charge in [-0.15, -0.1) is 0 Å². The lowest BCUT2D eigenvalue weighted by atomic mass is 10.1. The van der Waals surface area contributed by atoms with E-state index in [0.717, 1.165) is 18.3 Å². The Balaban J connectivity index is 2.00. The monoisotopic (exact) mass is 474 g/mol. The molecule has 0 bridgehead atoms. The molecule has 1 amide bonds. The van der Waals surface area contributed by atoms with Gasteiger partial charge in [0.1, 0.15) is 15.9 Å². The third-order valence-electron chi connectivity index (χ3n) is 4.42. The number of nitrogens with one attached hydrogen (secondary N) is 1. The van der Waals surface area contributed by atoms with Gasteiger partial charge in [-0.2, -0.15) is 13.2 Å². The van der Waals surface area contributed by atoms with Gasteiger partial charge < -0.3 is 21.8 Å². The summed E-state index contributed by atoms with van der Waals surface area (Å²) in [4.78, 5) is 20.9. The van der Waals surface area contributed by atoms with Gasteiger partial charge in [0.15, 0.2) is 0 Å². The molecule has 2 heterocycles. The van der Waals surface area contributed by atoms with Gasteiger partial charge in [0, 0.05) is 23.2 Å². The molecule has 31 heavy (non-hydrogen) atoms. The summed E-state index contributed by atoms with van der Waals surface area (Å²) in [6.45, 7) is 0.358. The molecular formula is C18H15ClF4N6OS. The van der Waals surface area contributed by atoms with Crippen LogP contribution in [-0.4, -0.2) is 33.5 Å². The quantitative estimate of drug-likeness (QED) is 0.264. The number of nitrogens with zero attached hydrogens (tertiary/aromatic N) is 3. The van der Waals surface area contributed by atoms with Crippen molar-refractivity contribution >= 4 is 41.4 Å². The summed E-state index contributed by atoms with van der Waals surface area (Å²) < 4.78 is 53.4. The van der Waals surface area contributed by atoms with Crippen molar-refractivity contribution in [2.45, 2.75) is 29.1 Å². The topological polar surface area (TPSA) is 122 Å². The number of hydrogen-bond donors (Lipinski definition) is 3. The van der Waals surface area contributed by atoms with Crippen molar-refractivity contribution in [3.63, 3.8) is 0 Å². The second kappa shape index (κ2) is 8.71. The second-order valence-electron chi connectivity index (χ2n) is 6.43. The first-order valence-corrected chi connectivity index (χ1v) is 9.85. The molecule has 0 fully saturated rings. The largest absolute Gasteiger partial charge is 0.417 e. The van der Waals surface area contributed by atoms with Crippen LogP contribution in [0.25, 0.3) is 0 Å². The number of benzene rings is 1. The lowest BCUT2D eigenvalue weighted by molar-refractivity contribution is -0.140. The molecule has 7 nitrogen and oxygen atoms in total. The molecule has 0 saturated carbocycles. The highest BCUT2D eigenvalue weighted by Crippen LogP contribution is 2.41. The average Bonchev–Trinajstić information content (AvgIpc) is 2.68. The molecule has 0 atom stereocenters. The third-order valence-corrected chi connectivity index (χ3v) is 5.90. The maximum atomic E-state index is 13.4. The van der Waals surface area contributed by atoms with Crippen LogP contribution >= 0.6 is 23.4 Å². The van der Waals surface area contributed by atoms with Gasteiger partial charge in [-0.1, -0.05) is 23.4 Å². The van der Waals surface area contributed by atoms with E-state index in [-0.39, 0.29) is 46.1 Å². The molecule has 1 aliphatic rings. The lowest BCUT2D eigenvalue weighted by Gasteiger charge is -2.31. The van der Waals surface area contributed by atoms with Crippen molar-refractivity contribution < 1.29 is 22.4 Å². The zero-order valence-corrected chi connectivity index (χ0v) is 17.2. The Hall–Kier alpha value is -2.86. The summed E-state index contributed by atoms with van der Waals surface area (Å²) in [7, 11) is 0. The first-order valence-electron chi connectivity index (χ1n) is 8.66. The van der Waals surface area contributed by atoms with E-state index in [1.807, 2.05) is 0 Å². The minimum Gasteiger partial charge on any atom is -0.368 e. The molecule has 0 saturated heterocycles. The van der Waals surface area contributed by atoms with Crippen LogP contribution in [0, 0.1) is 11.2 Å². The Bertz CT molecular complexity index is 1090. The summed E-state index contributed by atoms with van der Waals surface area (Å²) in [5.41, 5.74) is 10.9. The highest BCUT2D eigenvalue weighted by Gasteiger charge is 2.35. The Morgan fingerprint density at radius 1 is 1.32 bits per heavy atom. The van der Waals surface area contributed by atoms with Gasteiger partial charge in [0.05, 0.1) is 23.5 Å². The number of nitrogen functional groups attached to an aromatic ring is 1. The van der Waals surface area contributed by atoms with E-state index in [2.05, 4.69) is 9.97 Å². The van der Waals surface area contributed by atoms with Gasteiger partial charge in [-0.05, 0) is 24.6 Å². The molecule has 2 aromatic rings. The van der Waals surface area contributed by atoms with E-state index < -0.39 is 23.5 Å². The van der Waals surface area contributed by atoms with Crippen molar-refractivity contribution in [2.24, 2.45) is 5.73 Å². The number of amides is 1. The van der Waals surface area contributed by atoms with E-state index in [9.17, 15) is 22.4 Å². The molecule has 0 spiro atoms. The number of carbonyl (C=O) groups is 1. The third kappa shape index (κ3) is 4.90. The van der Waals surface area contributed by atoms with Crippen LogP contribution in [0.1, 0.15) is 16.8 Å². The lowest BCUT2D eigenvalue weighted by Crippen LogP contribution is -2.33. The van der Waals surface area contributed by atoms with Crippen LogP contribution in [0.15, 0.2) is 38.8 Å². The minimum absolute atomic E-state index is 0.0827. The fourth-order valence-electron chi connectivity index (χ4n) is 3.04. The summed E-state index contributed by atoms with van der Waals surface area (Å²) in [5, 5.41) is 7.41. The highest BCUT2D eigenvalue weighted by molar-refractivity contribution is 7.99. The number of aromatic nitrogens is 2. The van der Waals surface area contributed by atoms with Gasteiger partial charge in [-0.3, -0.25) is 4.79 Å². The fraction of sp³-hybridized carbons (Fsp3) is 0.222. The molecule has 164 valence electrons. The Morgan fingerprint density at radius 3 is 2.65 bits per heavy atom. The van der Waals surface area contributed by atoms with E-state index in [1.54, 1.807) is 4.90 Å². The van der Waals surface area contributed by atoms with E-state index in [1.165, 1.54) is 0 Å². The van der Waals surface area contributed by atoms with Crippen LogP contribution in [0.5, 0.6) is 0 Å². The average molecular weight is 475 g/mol. The molecule has 0 radical (unpaired) electrons. The summed E-state index contributed by atoms with van der Waals surface area (Å²) in [5.74, 6) is -2.07. The molecule has 1 aromatic carbocycles. The Kier molecular flexibility index (Phi) is 6.41.